The number of hydrogen-bond donors (Lipinski definition) is 2. The Morgan fingerprint density at radius 1 is 1.35 bits per heavy atom. The summed E-state index contributed by atoms with van der Waals surface area (Å²) in [5.41, 5.74) is 1.37. The Bertz CT molecular complexity index is 665. The van der Waals surface area contributed by atoms with Gasteiger partial charge in [-0.25, -0.2) is 14.8 Å². The van der Waals surface area contributed by atoms with E-state index >= 15 is 0 Å². The van der Waals surface area contributed by atoms with Gasteiger partial charge in [0.2, 0.25) is 5.95 Å². The first-order valence-electron chi connectivity index (χ1n) is 5.90. The molecule has 0 aliphatic carbocycles. The van der Waals surface area contributed by atoms with Crippen molar-refractivity contribution in [3.63, 3.8) is 0 Å². The third-order valence-electron chi connectivity index (χ3n) is 2.62. The fourth-order valence-electron chi connectivity index (χ4n) is 1.75. The molecule has 0 bridgehead atoms. The number of aryl methyl sites for hydroxylation is 1. The molecular weight excluding hydrogens is 256 g/mol. The standard InChI is InChI=1S/C14H12N4O2/c1-9-7-11(8-15)17-14(16-9)18-12(13(19)20)10-5-3-2-4-6-10/h2-7,12H,1H3,(H,19,20)(H,16,17,18). The maximum atomic E-state index is 11.4. The fourth-order valence-corrected chi connectivity index (χ4v) is 1.75. The first kappa shape index (κ1) is 13.5. The van der Waals surface area contributed by atoms with Gasteiger partial charge in [-0.05, 0) is 18.6 Å². The van der Waals surface area contributed by atoms with Crippen molar-refractivity contribution in [3.8, 4) is 6.07 Å². The van der Waals surface area contributed by atoms with Crippen molar-refractivity contribution < 1.29 is 9.90 Å². The van der Waals surface area contributed by atoms with Crippen LogP contribution in [0.15, 0.2) is 36.4 Å². The van der Waals surface area contributed by atoms with Gasteiger partial charge in [0.15, 0.2) is 6.04 Å². The first-order valence-corrected chi connectivity index (χ1v) is 5.90. The molecule has 6 heteroatoms. The van der Waals surface area contributed by atoms with Crippen LogP contribution in [0.3, 0.4) is 0 Å². The maximum Gasteiger partial charge on any atom is 0.330 e. The molecule has 0 radical (unpaired) electrons. The van der Waals surface area contributed by atoms with Gasteiger partial charge >= 0.3 is 5.97 Å². The second kappa shape index (κ2) is 5.80. The van der Waals surface area contributed by atoms with E-state index in [0.29, 0.717) is 11.3 Å². The molecule has 1 heterocycles. The van der Waals surface area contributed by atoms with Gasteiger partial charge in [-0.15, -0.1) is 0 Å². The number of nitrogens with zero attached hydrogens (tertiary/aromatic N) is 3. The summed E-state index contributed by atoms with van der Waals surface area (Å²) in [6.07, 6.45) is 0. The van der Waals surface area contributed by atoms with Crippen LogP contribution in [0.2, 0.25) is 0 Å². The normalized spacial score (nSPS) is 11.4. The molecule has 20 heavy (non-hydrogen) atoms. The van der Waals surface area contributed by atoms with Crippen LogP contribution in [-0.4, -0.2) is 21.0 Å². The Labute approximate surface area is 115 Å². The van der Waals surface area contributed by atoms with E-state index in [1.165, 1.54) is 6.07 Å². The van der Waals surface area contributed by atoms with E-state index in [9.17, 15) is 9.90 Å². The van der Waals surface area contributed by atoms with Crippen LogP contribution >= 0.6 is 0 Å². The number of nitriles is 1. The van der Waals surface area contributed by atoms with Crippen molar-refractivity contribution >= 4 is 11.9 Å². The second-order valence-corrected chi connectivity index (χ2v) is 4.16. The van der Waals surface area contributed by atoms with E-state index in [2.05, 4.69) is 15.3 Å². The molecule has 2 rings (SSSR count). The molecule has 1 aromatic carbocycles. The second-order valence-electron chi connectivity index (χ2n) is 4.16. The zero-order valence-corrected chi connectivity index (χ0v) is 10.7. The molecule has 0 saturated carbocycles. The van der Waals surface area contributed by atoms with Crippen molar-refractivity contribution in [3.05, 3.63) is 53.3 Å². The van der Waals surface area contributed by atoms with E-state index < -0.39 is 12.0 Å². The molecule has 1 atom stereocenters. The summed E-state index contributed by atoms with van der Waals surface area (Å²) in [7, 11) is 0. The highest BCUT2D eigenvalue weighted by Gasteiger charge is 2.20. The summed E-state index contributed by atoms with van der Waals surface area (Å²) < 4.78 is 0. The smallest absolute Gasteiger partial charge is 0.330 e. The van der Waals surface area contributed by atoms with Crippen LogP contribution < -0.4 is 5.32 Å². The number of anilines is 1. The summed E-state index contributed by atoms with van der Waals surface area (Å²) in [6, 6.07) is 11.2. The minimum absolute atomic E-state index is 0.123. The first-order chi connectivity index (χ1) is 9.60. The van der Waals surface area contributed by atoms with E-state index in [1.54, 1.807) is 37.3 Å². The maximum absolute atomic E-state index is 11.4. The zero-order chi connectivity index (χ0) is 14.5. The Hall–Kier alpha value is -2.94. The highest BCUT2D eigenvalue weighted by atomic mass is 16.4. The van der Waals surface area contributed by atoms with E-state index in [-0.39, 0.29) is 11.6 Å². The summed E-state index contributed by atoms with van der Waals surface area (Å²) in [6.45, 7) is 1.71. The SMILES string of the molecule is Cc1cc(C#N)nc(NC(C(=O)O)c2ccccc2)n1. The minimum Gasteiger partial charge on any atom is -0.479 e. The Kier molecular flexibility index (Phi) is 3.91. The van der Waals surface area contributed by atoms with Gasteiger partial charge in [-0.3, -0.25) is 0 Å². The van der Waals surface area contributed by atoms with E-state index in [4.69, 9.17) is 5.26 Å². The van der Waals surface area contributed by atoms with Gasteiger partial charge < -0.3 is 10.4 Å². The van der Waals surface area contributed by atoms with Crippen molar-refractivity contribution in [2.24, 2.45) is 0 Å². The molecule has 0 amide bonds. The molecule has 2 aromatic rings. The minimum atomic E-state index is -1.04. The van der Waals surface area contributed by atoms with E-state index in [1.807, 2.05) is 6.07 Å². The molecule has 0 aliphatic rings. The van der Waals surface area contributed by atoms with Crippen LogP contribution in [0.5, 0.6) is 0 Å². The van der Waals surface area contributed by atoms with Gasteiger partial charge in [-0.2, -0.15) is 5.26 Å². The highest BCUT2D eigenvalue weighted by molar-refractivity contribution is 5.78. The van der Waals surface area contributed by atoms with Crippen molar-refractivity contribution in [1.29, 1.82) is 5.26 Å². The number of carbonyl (C=O) groups is 1. The lowest BCUT2D eigenvalue weighted by atomic mass is 10.1. The van der Waals surface area contributed by atoms with Gasteiger partial charge in [0.1, 0.15) is 11.8 Å². The predicted octanol–water partition coefficient (Wildman–Crippen LogP) is 1.89. The monoisotopic (exact) mass is 268 g/mol. The van der Waals surface area contributed by atoms with Gasteiger partial charge in [0.05, 0.1) is 0 Å². The molecule has 0 aliphatic heterocycles. The lowest BCUT2D eigenvalue weighted by Crippen LogP contribution is -2.22. The Morgan fingerprint density at radius 3 is 2.65 bits per heavy atom. The van der Waals surface area contributed by atoms with Gasteiger partial charge in [-0.1, -0.05) is 30.3 Å². The largest absolute Gasteiger partial charge is 0.479 e. The number of carboxylic acid groups (broad SMARTS) is 1. The van der Waals surface area contributed by atoms with Crippen LogP contribution in [0.25, 0.3) is 0 Å². The van der Waals surface area contributed by atoms with E-state index in [0.717, 1.165) is 0 Å². The van der Waals surface area contributed by atoms with Crippen molar-refractivity contribution in [2.45, 2.75) is 13.0 Å². The van der Waals surface area contributed by atoms with Crippen LogP contribution in [0, 0.1) is 18.3 Å². The third-order valence-corrected chi connectivity index (χ3v) is 2.62. The topological polar surface area (TPSA) is 98.9 Å². The third kappa shape index (κ3) is 3.09. The predicted molar refractivity (Wildman–Crippen MR) is 71.9 cm³/mol. The van der Waals surface area contributed by atoms with Crippen LogP contribution in [0.4, 0.5) is 5.95 Å². The Morgan fingerprint density at radius 2 is 2.05 bits per heavy atom. The number of aromatic nitrogens is 2. The van der Waals surface area contributed by atoms with Gasteiger partial charge in [0.25, 0.3) is 0 Å². The molecule has 0 fully saturated rings. The summed E-state index contributed by atoms with van der Waals surface area (Å²) in [4.78, 5) is 19.4. The molecular formula is C14H12N4O2. The lowest BCUT2D eigenvalue weighted by molar-refractivity contribution is -0.138. The number of carboxylic acids is 1. The summed E-state index contributed by atoms with van der Waals surface area (Å²) in [5.74, 6) is -0.919. The van der Waals surface area contributed by atoms with Crippen LogP contribution in [0.1, 0.15) is 23.0 Å². The van der Waals surface area contributed by atoms with Crippen LogP contribution in [-0.2, 0) is 4.79 Å². The average molecular weight is 268 g/mol. The fraction of sp³-hybridized carbons (Fsp3) is 0.143. The summed E-state index contributed by atoms with van der Waals surface area (Å²) >= 11 is 0. The van der Waals surface area contributed by atoms with Gasteiger partial charge in [0, 0.05) is 5.69 Å². The van der Waals surface area contributed by atoms with Crippen molar-refractivity contribution in [1.82, 2.24) is 9.97 Å². The molecule has 2 N–H and O–H groups in total. The number of benzene rings is 1. The average Bonchev–Trinajstić information content (AvgIpc) is 2.44. The molecule has 6 nitrogen and oxygen atoms in total. The number of rotatable bonds is 4. The molecule has 0 saturated heterocycles. The lowest BCUT2D eigenvalue weighted by Gasteiger charge is -2.15. The highest BCUT2D eigenvalue weighted by Crippen LogP contribution is 2.18. The Balaban J connectivity index is 2.32. The zero-order valence-electron chi connectivity index (χ0n) is 10.7. The molecule has 0 spiro atoms. The quantitative estimate of drug-likeness (QED) is 0.878. The number of nitrogens with one attached hydrogen (secondary N) is 1. The summed E-state index contributed by atoms with van der Waals surface area (Å²) in [5, 5.41) is 20.9. The molecule has 1 unspecified atom stereocenters. The molecule has 100 valence electrons. The number of aliphatic carboxylic acids is 1. The molecule has 1 aromatic heterocycles. The number of hydrogen-bond acceptors (Lipinski definition) is 5. The van der Waals surface area contributed by atoms with Crippen molar-refractivity contribution in [2.75, 3.05) is 5.32 Å².